The van der Waals surface area contributed by atoms with Crippen molar-refractivity contribution >= 4 is 11.5 Å². The molecule has 0 aliphatic heterocycles. The fourth-order valence-electron chi connectivity index (χ4n) is 1.09. The first-order valence-corrected chi connectivity index (χ1v) is 5.59. The van der Waals surface area contributed by atoms with E-state index in [-0.39, 0.29) is 6.04 Å². The Morgan fingerprint density at radius 3 is 2.44 bits per heavy atom. The zero-order valence-corrected chi connectivity index (χ0v) is 11.2. The van der Waals surface area contributed by atoms with Crippen LogP contribution in [0.3, 0.4) is 0 Å². The quantitative estimate of drug-likeness (QED) is 0.338. The molecule has 0 saturated heterocycles. The smallest absolute Gasteiger partial charge is 0.152 e. The molecule has 0 fully saturated rings. The van der Waals surface area contributed by atoms with Crippen molar-refractivity contribution in [3.05, 3.63) is 11.8 Å². The molecule has 92 valence electrons. The van der Waals surface area contributed by atoms with E-state index in [9.17, 15) is 0 Å². The molecule has 0 amide bonds. The number of rotatable bonds is 5. The Bertz CT molecular complexity index is 289. The Labute approximate surface area is 98.5 Å². The summed E-state index contributed by atoms with van der Waals surface area (Å²) in [5, 5.41) is 7.19. The van der Waals surface area contributed by atoms with Crippen molar-refractivity contribution in [1.82, 2.24) is 5.32 Å². The second-order valence-electron chi connectivity index (χ2n) is 3.82. The molecule has 0 aromatic rings. The van der Waals surface area contributed by atoms with Crippen LogP contribution in [0.2, 0.25) is 0 Å². The van der Waals surface area contributed by atoms with Gasteiger partial charge in [-0.25, -0.2) is 0 Å². The van der Waals surface area contributed by atoms with Gasteiger partial charge >= 0.3 is 0 Å². The van der Waals surface area contributed by atoms with E-state index in [2.05, 4.69) is 22.4 Å². The van der Waals surface area contributed by atoms with Crippen LogP contribution in [-0.4, -0.2) is 24.6 Å². The maximum absolute atomic E-state index is 5.38. The summed E-state index contributed by atoms with van der Waals surface area (Å²) in [6.45, 7) is 9.82. The molecular weight excluding hydrogens is 202 g/mol. The summed E-state index contributed by atoms with van der Waals surface area (Å²) in [5.41, 5.74) is 0.898. The molecule has 0 bridgehead atoms. The largest absolute Gasteiger partial charge is 0.364 e. The van der Waals surface area contributed by atoms with E-state index in [1.807, 2.05) is 33.8 Å². The second-order valence-corrected chi connectivity index (χ2v) is 3.82. The number of hydrogen-bond acceptors (Lipinski definition) is 3. The van der Waals surface area contributed by atoms with Crippen molar-refractivity contribution in [3.8, 4) is 0 Å². The highest BCUT2D eigenvalue weighted by Gasteiger charge is 2.10. The van der Waals surface area contributed by atoms with Gasteiger partial charge < -0.3 is 10.2 Å². The highest BCUT2D eigenvalue weighted by atomic mass is 16.6. The lowest BCUT2D eigenvalue weighted by Gasteiger charge is -2.16. The van der Waals surface area contributed by atoms with Crippen LogP contribution < -0.4 is 5.32 Å². The molecule has 1 atom stereocenters. The van der Waals surface area contributed by atoms with Crippen LogP contribution in [0, 0.1) is 0 Å². The van der Waals surface area contributed by atoms with E-state index in [0.717, 1.165) is 23.7 Å². The Morgan fingerprint density at radius 1 is 1.38 bits per heavy atom. The number of nitrogens with one attached hydrogen (secondary N) is 1. The minimum atomic E-state index is 0.0757. The molecular formula is C12H23N3O. The highest BCUT2D eigenvalue weighted by molar-refractivity contribution is 5.80. The molecule has 0 heterocycles. The van der Waals surface area contributed by atoms with Crippen LogP contribution >= 0.6 is 0 Å². The third-order valence-electron chi connectivity index (χ3n) is 1.93. The molecule has 0 rings (SSSR count). The number of allylic oxidation sites excluding steroid dienone is 1. The average Bonchev–Trinajstić information content (AvgIpc) is 2.23. The molecule has 1 N–H and O–H groups in total. The van der Waals surface area contributed by atoms with Crippen LogP contribution in [0.4, 0.5) is 0 Å². The molecule has 4 nitrogen and oxygen atoms in total. The van der Waals surface area contributed by atoms with Gasteiger partial charge in [0.2, 0.25) is 0 Å². The molecule has 0 aromatic heterocycles. The van der Waals surface area contributed by atoms with Crippen molar-refractivity contribution in [2.24, 2.45) is 10.1 Å². The Morgan fingerprint density at radius 2 is 2.00 bits per heavy atom. The SMILES string of the molecule is CC/C=C(/ON=C(C)C)C(C)NC(C)=NC. The summed E-state index contributed by atoms with van der Waals surface area (Å²) in [6.07, 6.45) is 2.94. The molecule has 16 heavy (non-hydrogen) atoms. The summed E-state index contributed by atoms with van der Waals surface area (Å²) in [5.74, 6) is 1.71. The van der Waals surface area contributed by atoms with Gasteiger partial charge in [-0.1, -0.05) is 12.1 Å². The molecule has 1 unspecified atom stereocenters. The molecule has 0 aliphatic carbocycles. The van der Waals surface area contributed by atoms with Gasteiger partial charge in [-0.2, -0.15) is 0 Å². The third-order valence-corrected chi connectivity index (χ3v) is 1.93. The van der Waals surface area contributed by atoms with Gasteiger partial charge in [0.05, 0.1) is 17.6 Å². The van der Waals surface area contributed by atoms with Crippen molar-refractivity contribution < 1.29 is 4.84 Å². The van der Waals surface area contributed by atoms with Crippen LogP contribution in [-0.2, 0) is 4.84 Å². The average molecular weight is 225 g/mol. The van der Waals surface area contributed by atoms with E-state index in [1.54, 1.807) is 7.05 Å². The molecule has 0 aromatic carbocycles. The zero-order valence-electron chi connectivity index (χ0n) is 11.2. The van der Waals surface area contributed by atoms with E-state index < -0.39 is 0 Å². The van der Waals surface area contributed by atoms with Gasteiger partial charge in [0, 0.05) is 7.05 Å². The maximum atomic E-state index is 5.38. The number of aliphatic imine (C=N–C) groups is 1. The Hall–Kier alpha value is -1.32. The Kier molecular flexibility index (Phi) is 7.25. The standard InChI is InChI=1S/C12H23N3O/c1-7-8-12(16-15-9(2)3)10(4)14-11(5)13-6/h8,10H,7H2,1-6H3,(H,13,14)/b12-8+. The summed E-state index contributed by atoms with van der Waals surface area (Å²) in [7, 11) is 1.76. The lowest BCUT2D eigenvalue weighted by Crippen LogP contribution is -2.32. The van der Waals surface area contributed by atoms with Crippen molar-refractivity contribution in [1.29, 1.82) is 0 Å². The van der Waals surface area contributed by atoms with Gasteiger partial charge in [0.1, 0.15) is 0 Å². The Balaban J connectivity index is 4.54. The fourth-order valence-corrected chi connectivity index (χ4v) is 1.09. The molecule has 0 saturated carbocycles. The molecule has 0 spiro atoms. The van der Waals surface area contributed by atoms with E-state index in [0.29, 0.717) is 0 Å². The number of hydrogen-bond donors (Lipinski definition) is 1. The monoisotopic (exact) mass is 225 g/mol. The molecule has 0 radical (unpaired) electrons. The first-order chi connectivity index (χ1) is 7.51. The van der Waals surface area contributed by atoms with Crippen LogP contribution in [0.1, 0.15) is 41.0 Å². The van der Waals surface area contributed by atoms with Gasteiger partial charge in [-0.3, -0.25) is 4.99 Å². The van der Waals surface area contributed by atoms with Gasteiger partial charge in [-0.15, -0.1) is 0 Å². The summed E-state index contributed by atoms with van der Waals surface area (Å²) < 4.78 is 0. The number of oxime groups is 1. The lowest BCUT2D eigenvalue weighted by atomic mass is 10.2. The normalized spacial score (nSPS) is 14.4. The summed E-state index contributed by atoms with van der Waals surface area (Å²) >= 11 is 0. The first-order valence-electron chi connectivity index (χ1n) is 5.59. The minimum absolute atomic E-state index is 0.0757. The number of amidine groups is 1. The first kappa shape index (κ1) is 14.7. The zero-order chi connectivity index (χ0) is 12.6. The third kappa shape index (κ3) is 6.22. The van der Waals surface area contributed by atoms with Gasteiger partial charge in [0.15, 0.2) is 5.76 Å². The van der Waals surface area contributed by atoms with Crippen molar-refractivity contribution in [2.75, 3.05) is 7.05 Å². The lowest BCUT2D eigenvalue weighted by molar-refractivity contribution is 0.204. The van der Waals surface area contributed by atoms with Gasteiger partial charge in [-0.05, 0) is 40.2 Å². The minimum Gasteiger partial charge on any atom is -0.364 e. The summed E-state index contributed by atoms with van der Waals surface area (Å²) in [4.78, 5) is 9.44. The predicted molar refractivity (Wildman–Crippen MR) is 69.9 cm³/mol. The van der Waals surface area contributed by atoms with E-state index in [1.165, 1.54) is 0 Å². The van der Waals surface area contributed by atoms with Gasteiger partial charge in [0.25, 0.3) is 0 Å². The van der Waals surface area contributed by atoms with E-state index in [4.69, 9.17) is 4.84 Å². The van der Waals surface area contributed by atoms with Crippen molar-refractivity contribution in [2.45, 2.75) is 47.1 Å². The second kappa shape index (κ2) is 7.91. The predicted octanol–water partition coefficient (Wildman–Crippen LogP) is 2.72. The number of nitrogens with zero attached hydrogens (tertiary/aromatic N) is 2. The topological polar surface area (TPSA) is 46.0 Å². The van der Waals surface area contributed by atoms with Crippen LogP contribution in [0.25, 0.3) is 0 Å². The maximum Gasteiger partial charge on any atom is 0.152 e. The van der Waals surface area contributed by atoms with Crippen LogP contribution in [0.15, 0.2) is 22.0 Å². The molecule has 4 heteroatoms. The highest BCUT2D eigenvalue weighted by Crippen LogP contribution is 2.07. The van der Waals surface area contributed by atoms with Crippen LogP contribution in [0.5, 0.6) is 0 Å². The van der Waals surface area contributed by atoms with E-state index >= 15 is 0 Å². The fraction of sp³-hybridized carbons (Fsp3) is 0.667. The summed E-state index contributed by atoms with van der Waals surface area (Å²) in [6, 6.07) is 0.0757. The molecule has 0 aliphatic rings. The van der Waals surface area contributed by atoms with Crippen molar-refractivity contribution in [3.63, 3.8) is 0 Å².